The number of aldehydes is 1. The fourth-order valence-corrected chi connectivity index (χ4v) is 0.900. The van der Waals surface area contributed by atoms with Crippen LogP contribution in [0, 0.1) is 0 Å². The standard InChI is InChI=1S/C7H14O7/c1-2-3-5(9,10)7(13,14)6(11,12)4-8/h4,9-14H,2-3H2,1H3. The van der Waals surface area contributed by atoms with Gasteiger partial charge in [-0.1, -0.05) is 13.3 Å². The van der Waals surface area contributed by atoms with Crippen molar-refractivity contribution in [2.75, 3.05) is 0 Å². The predicted octanol–water partition coefficient (Wildman–Crippen LogP) is -2.97. The molecule has 14 heavy (non-hydrogen) atoms. The first-order chi connectivity index (χ1) is 6.12. The minimum Gasteiger partial charge on any atom is -0.361 e. The predicted molar refractivity (Wildman–Crippen MR) is 42.5 cm³/mol. The van der Waals surface area contributed by atoms with Gasteiger partial charge in [0.1, 0.15) is 0 Å². The van der Waals surface area contributed by atoms with Crippen molar-refractivity contribution in [1.29, 1.82) is 0 Å². The van der Waals surface area contributed by atoms with Crippen LogP contribution in [0.3, 0.4) is 0 Å². The lowest BCUT2D eigenvalue weighted by molar-refractivity contribution is -0.436. The molecule has 0 aromatic heterocycles. The Morgan fingerprint density at radius 1 is 1.07 bits per heavy atom. The summed E-state index contributed by atoms with van der Waals surface area (Å²) in [5.41, 5.74) is 0. The van der Waals surface area contributed by atoms with E-state index in [0.29, 0.717) is 0 Å². The molecule has 0 amide bonds. The summed E-state index contributed by atoms with van der Waals surface area (Å²) >= 11 is 0. The largest absolute Gasteiger partial charge is 0.361 e. The van der Waals surface area contributed by atoms with Gasteiger partial charge in [-0.15, -0.1) is 0 Å². The molecule has 0 aliphatic carbocycles. The molecule has 0 aliphatic heterocycles. The minimum absolute atomic E-state index is 0.130. The molecule has 0 unspecified atom stereocenters. The number of carbonyl (C=O) groups excluding carboxylic acids is 1. The Hall–Kier alpha value is -0.570. The second-order valence-electron chi connectivity index (χ2n) is 3.08. The van der Waals surface area contributed by atoms with Crippen LogP contribution in [0.4, 0.5) is 0 Å². The van der Waals surface area contributed by atoms with E-state index in [1.54, 1.807) is 0 Å². The summed E-state index contributed by atoms with van der Waals surface area (Å²) < 4.78 is 0. The number of hydrogen-bond donors (Lipinski definition) is 6. The summed E-state index contributed by atoms with van der Waals surface area (Å²) in [5.74, 6) is -10.6. The maximum absolute atomic E-state index is 10.1. The van der Waals surface area contributed by atoms with Crippen molar-refractivity contribution in [3.05, 3.63) is 0 Å². The molecule has 0 fully saturated rings. The zero-order valence-electron chi connectivity index (χ0n) is 7.58. The average Bonchev–Trinajstić information content (AvgIpc) is 2.03. The molecular formula is C7H14O7. The average molecular weight is 210 g/mol. The maximum atomic E-state index is 10.1. The van der Waals surface area contributed by atoms with Crippen LogP contribution in [-0.2, 0) is 4.79 Å². The van der Waals surface area contributed by atoms with Gasteiger partial charge in [-0.25, -0.2) is 0 Å². The third-order valence-corrected chi connectivity index (χ3v) is 1.83. The molecule has 0 aliphatic rings. The van der Waals surface area contributed by atoms with Crippen molar-refractivity contribution in [2.24, 2.45) is 0 Å². The summed E-state index contributed by atoms with van der Waals surface area (Å²) in [4.78, 5) is 10.1. The van der Waals surface area contributed by atoms with Gasteiger partial charge in [0.15, 0.2) is 6.29 Å². The van der Waals surface area contributed by atoms with E-state index in [1.165, 1.54) is 6.92 Å². The van der Waals surface area contributed by atoms with Crippen LogP contribution in [-0.4, -0.2) is 54.3 Å². The molecule has 0 saturated heterocycles. The summed E-state index contributed by atoms with van der Waals surface area (Å²) in [6.07, 6.45) is -1.02. The fourth-order valence-electron chi connectivity index (χ4n) is 0.900. The van der Waals surface area contributed by atoms with Gasteiger partial charge in [0.2, 0.25) is 5.79 Å². The van der Waals surface area contributed by atoms with Crippen molar-refractivity contribution in [1.82, 2.24) is 0 Å². The zero-order valence-corrected chi connectivity index (χ0v) is 7.58. The Kier molecular flexibility index (Phi) is 3.73. The van der Waals surface area contributed by atoms with E-state index in [1.807, 2.05) is 0 Å². The normalized spacial score (nSPS) is 14.2. The van der Waals surface area contributed by atoms with Gasteiger partial charge in [-0.05, 0) is 0 Å². The fraction of sp³-hybridized carbons (Fsp3) is 0.857. The minimum atomic E-state index is -3.75. The highest BCUT2D eigenvalue weighted by Crippen LogP contribution is 2.29. The SMILES string of the molecule is CCCC(O)(O)C(O)(O)C(O)(O)C=O. The molecule has 0 radical (unpaired) electrons. The van der Waals surface area contributed by atoms with Gasteiger partial charge in [0, 0.05) is 6.42 Å². The van der Waals surface area contributed by atoms with Crippen molar-refractivity contribution in [3.8, 4) is 0 Å². The first-order valence-corrected chi connectivity index (χ1v) is 3.93. The van der Waals surface area contributed by atoms with E-state index in [9.17, 15) is 4.79 Å². The lowest BCUT2D eigenvalue weighted by Gasteiger charge is -2.39. The van der Waals surface area contributed by atoms with Crippen LogP contribution < -0.4 is 0 Å². The van der Waals surface area contributed by atoms with Crippen LogP contribution in [0.5, 0.6) is 0 Å². The van der Waals surface area contributed by atoms with Gasteiger partial charge in [0.25, 0.3) is 11.6 Å². The molecule has 0 spiro atoms. The lowest BCUT2D eigenvalue weighted by atomic mass is 9.94. The number of hydrogen-bond acceptors (Lipinski definition) is 7. The van der Waals surface area contributed by atoms with E-state index in [-0.39, 0.29) is 6.42 Å². The smallest absolute Gasteiger partial charge is 0.282 e. The summed E-state index contributed by atoms with van der Waals surface area (Å²) in [7, 11) is 0. The monoisotopic (exact) mass is 210 g/mol. The summed E-state index contributed by atoms with van der Waals surface area (Å²) in [6.45, 7) is 1.49. The molecule has 0 saturated carbocycles. The van der Waals surface area contributed by atoms with Crippen LogP contribution in [0.1, 0.15) is 19.8 Å². The van der Waals surface area contributed by atoms with Gasteiger partial charge in [-0.2, -0.15) is 0 Å². The molecule has 84 valence electrons. The quantitative estimate of drug-likeness (QED) is 0.210. The van der Waals surface area contributed by atoms with E-state index in [2.05, 4.69) is 0 Å². The van der Waals surface area contributed by atoms with Gasteiger partial charge < -0.3 is 30.6 Å². The molecule has 7 heteroatoms. The highest BCUT2D eigenvalue weighted by Gasteiger charge is 2.61. The Bertz CT molecular complexity index is 208. The summed E-state index contributed by atoms with van der Waals surface area (Å²) in [5, 5.41) is 53.8. The Morgan fingerprint density at radius 3 is 1.79 bits per heavy atom. The second kappa shape index (κ2) is 3.89. The van der Waals surface area contributed by atoms with Crippen molar-refractivity contribution >= 4 is 6.29 Å². The topological polar surface area (TPSA) is 138 Å². The molecule has 0 aromatic carbocycles. The Labute approximate surface area is 79.9 Å². The van der Waals surface area contributed by atoms with Crippen LogP contribution in [0.25, 0.3) is 0 Å². The number of aliphatic hydroxyl groups is 6. The van der Waals surface area contributed by atoms with Gasteiger partial charge in [-0.3, -0.25) is 4.79 Å². The van der Waals surface area contributed by atoms with E-state index in [0.717, 1.165) is 0 Å². The van der Waals surface area contributed by atoms with Crippen LogP contribution in [0.15, 0.2) is 0 Å². The molecule has 6 N–H and O–H groups in total. The lowest BCUT2D eigenvalue weighted by Crippen LogP contribution is -2.68. The molecule has 7 nitrogen and oxygen atoms in total. The molecular weight excluding hydrogens is 196 g/mol. The van der Waals surface area contributed by atoms with Crippen molar-refractivity contribution in [2.45, 2.75) is 37.1 Å². The molecule has 0 rings (SSSR count). The van der Waals surface area contributed by atoms with E-state index < -0.39 is 30.1 Å². The number of carbonyl (C=O) groups is 1. The Morgan fingerprint density at radius 2 is 1.50 bits per heavy atom. The first kappa shape index (κ1) is 13.4. The van der Waals surface area contributed by atoms with Crippen molar-refractivity contribution < 1.29 is 35.4 Å². The van der Waals surface area contributed by atoms with Gasteiger partial charge >= 0.3 is 0 Å². The van der Waals surface area contributed by atoms with Gasteiger partial charge in [0.05, 0.1) is 0 Å². The molecule has 0 atom stereocenters. The van der Waals surface area contributed by atoms with Crippen molar-refractivity contribution in [3.63, 3.8) is 0 Å². The molecule has 0 aromatic rings. The van der Waals surface area contributed by atoms with Crippen LogP contribution in [0.2, 0.25) is 0 Å². The highest BCUT2D eigenvalue weighted by atomic mass is 16.7. The second-order valence-corrected chi connectivity index (χ2v) is 3.08. The first-order valence-electron chi connectivity index (χ1n) is 3.93. The third-order valence-electron chi connectivity index (χ3n) is 1.83. The van der Waals surface area contributed by atoms with Crippen LogP contribution >= 0.6 is 0 Å². The number of rotatable bonds is 5. The highest BCUT2D eigenvalue weighted by molar-refractivity contribution is 5.61. The Balaban J connectivity index is 5.02. The molecule has 0 bridgehead atoms. The molecule has 0 heterocycles. The van der Waals surface area contributed by atoms with E-state index >= 15 is 0 Å². The summed E-state index contributed by atoms with van der Waals surface area (Å²) in [6, 6.07) is 0. The van der Waals surface area contributed by atoms with E-state index in [4.69, 9.17) is 30.6 Å². The maximum Gasteiger partial charge on any atom is 0.282 e. The zero-order chi connectivity index (χ0) is 11.6. The third kappa shape index (κ3) is 2.08.